The van der Waals surface area contributed by atoms with Crippen LogP contribution in [0.4, 0.5) is 0 Å². The van der Waals surface area contributed by atoms with Gasteiger partial charge in [0.1, 0.15) is 0 Å². The first-order valence-electron chi connectivity index (χ1n) is 10.1. The minimum Gasteiger partial charge on any atom is -0.103 e. The minimum absolute atomic E-state index is 1.09. The van der Waals surface area contributed by atoms with Crippen LogP contribution in [0.1, 0.15) is 74.1 Å². The molecule has 0 aliphatic carbocycles. The zero-order valence-electron chi connectivity index (χ0n) is 16.3. The van der Waals surface area contributed by atoms with Gasteiger partial charge >= 0.3 is 0 Å². The van der Waals surface area contributed by atoms with Gasteiger partial charge in [0, 0.05) is 11.1 Å². The Morgan fingerprint density at radius 1 is 0.692 bits per heavy atom. The second kappa shape index (κ2) is 12.2. The van der Waals surface area contributed by atoms with Gasteiger partial charge in [0.2, 0.25) is 0 Å². The number of benzene rings is 2. The van der Waals surface area contributed by atoms with E-state index in [0.717, 1.165) is 24.0 Å². The summed E-state index contributed by atoms with van der Waals surface area (Å²) in [4.78, 5) is 0. The third kappa shape index (κ3) is 7.75. The van der Waals surface area contributed by atoms with E-state index in [0.29, 0.717) is 0 Å². The Morgan fingerprint density at radius 3 is 1.65 bits per heavy atom. The first-order valence-corrected chi connectivity index (χ1v) is 10.1. The van der Waals surface area contributed by atoms with Crippen molar-refractivity contribution >= 4 is 0 Å². The van der Waals surface area contributed by atoms with Gasteiger partial charge in [-0.25, -0.2) is 0 Å². The first kappa shape index (κ1) is 20.1. The summed E-state index contributed by atoms with van der Waals surface area (Å²) in [6, 6.07) is 17.4. The molecule has 2 aromatic carbocycles. The summed E-state index contributed by atoms with van der Waals surface area (Å²) >= 11 is 0. The topological polar surface area (TPSA) is 0 Å². The van der Waals surface area contributed by atoms with E-state index < -0.39 is 0 Å². The van der Waals surface area contributed by atoms with E-state index in [-0.39, 0.29) is 0 Å². The monoisotopic (exact) mass is 344 g/mol. The summed E-state index contributed by atoms with van der Waals surface area (Å²) in [7, 11) is 0. The molecular weight excluding hydrogens is 312 g/mol. The van der Waals surface area contributed by atoms with Crippen molar-refractivity contribution in [3.8, 4) is 11.8 Å². The van der Waals surface area contributed by atoms with Crippen LogP contribution in [0.5, 0.6) is 0 Å². The van der Waals surface area contributed by atoms with Crippen molar-refractivity contribution in [3.63, 3.8) is 0 Å². The summed E-state index contributed by atoms with van der Waals surface area (Å²) in [6.07, 6.45) is 13.1. The predicted octanol–water partition coefficient (Wildman–Crippen LogP) is 7.11. The highest BCUT2D eigenvalue weighted by Crippen LogP contribution is 2.11. The summed E-state index contributed by atoms with van der Waals surface area (Å²) in [6.45, 7) is 6.03. The molecule has 0 unspecified atom stereocenters. The Balaban J connectivity index is 1.83. The third-order valence-corrected chi connectivity index (χ3v) is 4.70. The van der Waals surface area contributed by atoms with E-state index in [9.17, 15) is 0 Å². The summed E-state index contributed by atoms with van der Waals surface area (Å²) in [5, 5.41) is 0. The Labute approximate surface area is 160 Å². The van der Waals surface area contributed by atoms with Gasteiger partial charge in [0.15, 0.2) is 0 Å². The van der Waals surface area contributed by atoms with Crippen LogP contribution in [-0.4, -0.2) is 0 Å². The maximum Gasteiger partial charge on any atom is 0.0249 e. The molecule has 0 amide bonds. The molecule has 26 heavy (non-hydrogen) atoms. The highest BCUT2D eigenvalue weighted by atomic mass is 14.0. The molecule has 0 nitrogen and oxygen atoms in total. The van der Waals surface area contributed by atoms with Gasteiger partial charge in [0.05, 0.1) is 0 Å². The average Bonchev–Trinajstić information content (AvgIpc) is 2.69. The van der Waals surface area contributed by atoms with Crippen LogP contribution < -0.4 is 0 Å². The van der Waals surface area contributed by atoms with Crippen LogP contribution in [-0.2, 0) is 12.8 Å². The quantitative estimate of drug-likeness (QED) is 0.245. The lowest BCUT2D eigenvalue weighted by Gasteiger charge is -2.01. The molecule has 2 aromatic rings. The number of unbranched alkanes of at least 4 members (excludes halogenated alkanes) is 5. The van der Waals surface area contributed by atoms with Crippen LogP contribution in [0.15, 0.2) is 61.2 Å². The molecule has 0 aromatic heterocycles. The van der Waals surface area contributed by atoms with E-state index in [2.05, 4.69) is 73.9 Å². The molecule has 0 heterocycles. The molecule has 0 aliphatic heterocycles. The maximum absolute atomic E-state index is 3.77. The number of rotatable bonds is 10. The molecule has 2 rings (SSSR count). The van der Waals surface area contributed by atoms with E-state index in [4.69, 9.17) is 0 Å². The lowest BCUT2D eigenvalue weighted by Crippen LogP contribution is -1.87. The Hall–Kier alpha value is -2.26. The fourth-order valence-electron chi connectivity index (χ4n) is 3.03. The van der Waals surface area contributed by atoms with Gasteiger partial charge in [0.25, 0.3) is 0 Å². The Kier molecular flexibility index (Phi) is 9.37. The Bertz CT molecular complexity index is 692. The zero-order chi connectivity index (χ0) is 18.5. The fourth-order valence-corrected chi connectivity index (χ4v) is 3.03. The molecule has 0 atom stereocenters. The zero-order valence-corrected chi connectivity index (χ0v) is 16.3. The van der Waals surface area contributed by atoms with Crippen molar-refractivity contribution in [2.45, 2.75) is 64.7 Å². The van der Waals surface area contributed by atoms with E-state index in [1.807, 2.05) is 6.08 Å². The van der Waals surface area contributed by atoms with Gasteiger partial charge in [-0.05, 0) is 73.9 Å². The van der Waals surface area contributed by atoms with Crippen LogP contribution in [0.25, 0.3) is 0 Å². The van der Waals surface area contributed by atoms with Gasteiger partial charge < -0.3 is 0 Å². The Morgan fingerprint density at radius 2 is 1.19 bits per heavy atom. The van der Waals surface area contributed by atoms with Gasteiger partial charge in [-0.2, -0.15) is 0 Å². The molecule has 0 saturated carbocycles. The second-order valence-electron chi connectivity index (χ2n) is 6.99. The summed E-state index contributed by atoms with van der Waals surface area (Å²) in [5.74, 6) is 6.56. The van der Waals surface area contributed by atoms with Crippen molar-refractivity contribution in [3.05, 3.63) is 83.4 Å². The minimum atomic E-state index is 1.09. The van der Waals surface area contributed by atoms with Crippen molar-refractivity contribution < 1.29 is 0 Å². The van der Waals surface area contributed by atoms with Crippen LogP contribution in [0, 0.1) is 11.8 Å². The average molecular weight is 345 g/mol. The molecule has 0 radical (unpaired) electrons. The molecular formula is C26H32. The molecule has 0 aliphatic rings. The standard InChI is InChI=1S/C26H32/c1-3-5-7-9-11-23-13-17-25(18-14-23)21-22-26-19-15-24(16-20-26)12-10-8-6-4-2/h3,13-20H,1,4-12H2,2H3. The van der Waals surface area contributed by atoms with E-state index in [1.54, 1.807) is 0 Å². The number of allylic oxidation sites excluding steroid dienone is 1. The van der Waals surface area contributed by atoms with E-state index >= 15 is 0 Å². The third-order valence-electron chi connectivity index (χ3n) is 4.70. The fraction of sp³-hybridized carbons (Fsp3) is 0.385. The van der Waals surface area contributed by atoms with Crippen molar-refractivity contribution in [2.75, 3.05) is 0 Å². The molecule has 0 spiro atoms. The lowest BCUT2D eigenvalue weighted by atomic mass is 10.0. The van der Waals surface area contributed by atoms with Gasteiger partial charge in [-0.1, -0.05) is 68.4 Å². The summed E-state index contributed by atoms with van der Waals surface area (Å²) < 4.78 is 0. The molecule has 0 saturated heterocycles. The predicted molar refractivity (Wildman–Crippen MR) is 114 cm³/mol. The molecule has 0 N–H and O–H groups in total. The number of hydrogen-bond acceptors (Lipinski definition) is 0. The first-order chi connectivity index (χ1) is 12.8. The number of hydrogen-bond donors (Lipinski definition) is 0. The van der Waals surface area contributed by atoms with Crippen LogP contribution in [0.3, 0.4) is 0 Å². The molecule has 0 bridgehead atoms. The number of aryl methyl sites for hydroxylation is 2. The highest BCUT2D eigenvalue weighted by Gasteiger charge is 1.95. The van der Waals surface area contributed by atoms with E-state index in [1.165, 1.54) is 56.1 Å². The second-order valence-corrected chi connectivity index (χ2v) is 6.99. The van der Waals surface area contributed by atoms with Crippen molar-refractivity contribution in [1.82, 2.24) is 0 Å². The van der Waals surface area contributed by atoms with Gasteiger partial charge in [-0.3, -0.25) is 0 Å². The molecule has 0 heteroatoms. The van der Waals surface area contributed by atoms with Crippen molar-refractivity contribution in [1.29, 1.82) is 0 Å². The summed E-state index contributed by atoms with van der Waals surface area (Å²) in [5.41, 5.74) is 5.00. The molecule has 136 valence electrons. The van der Waals surface area contributed by atoms with Crippen LogP contribution >= 0.6 is 0 Å². The lowest BCUT2D eigenvalue weighted by molar-refractivity contribution is 0.667. The van der Waals surface area contributed by atoms with Crippen molar-refractivity contribution in [2.24, 2.45) is 0 Å². The molecule has 0 fully saturated rings. The largest absolute Gasteiger partial charge is 0.103 e. The highest BCUT2D eigenvalue weighted by molar-refractivity contribution is 5.44. The van der Waals surface area contributed by atoms with Crippen LogP contribution in [0.2, 0.25) is 0 Å². The smallest absolute Gasteiger partial charge is 0.0249 e. The normalized spacial score (nSPS) is 10.2. The SMILES string of the molecule is C=CCCCCc1ccc(C#Cc2ccc(CCCCCC)cc2)cc1. The maximum atomic E-state index is 3.77. The van der Waals surface area contributed by atoms with Gasteiger partial charge in [-0.15, -0.1) is 6.58 Å².